The van der Waals surface area contributed by atoms with E-state index in [1.54, 1.807) is 0 Å². The fraction of sp³-hybridized carbons (Fsp3) is 0.260. The second kappa shape index (κ2) is 39.3. The number of aromatic nitrogens is 3. The third-order valence-electron chi connectivity index (χ3n) is 18.2. The molecule has 0 saturated heterocycles. The Balaban J connectivity index is 0.000000239. The van der Waals surface area contributed by atoms with Crippen LogP contribution < -0.4 is 30.7 Å². The molecule has 26 nitrogen and oxygen atoms in total. The van der Waals surface area contributed by atoms with Gasteiger partial charge in [0, 0.05) is 102 Å². The van der Waals surface area contributed by atoms with E-state index in [0.29, 0.717) is 6.26 Å². The van der Waals surface area contributed by atoms with Gasteiger partial charge in [-0.1, -0.05) is 70.7 Å². The van der Waals surface area contributed by atoms with E-state index in [0.717, 1.165) is 113 Å². The second-order valence-electron chi connectivity index (χ2n) is 27.0. The van der Waals surface area contributed by atoms with Gasteiger partial charge in [0.2, 0.25) is 0 Å². The Morgan fingerprint density at radius 3 is 0.951 bits per heavy atom. The van der Waals surface area contributed by atoms with Crippen LogP contribution in [0.1, 0.15) is 109 Å². The summed E-state index contributed by atoms with van der Waals surface area (Å²) in [6, 6.07) is 30.0. The van der Waals surface area contributed by atoms with Gasteiger partial charge >= 0.3 is 12.4 Å². The van der Waals surface area contributed by atoms with Gasteiger partial charge in [0.05, 0.1) is 92.7 Å². The molecule has 6 amide bonds. The number of aliphatic hydroxyl groups is 6. The molecule has 660 valence electrons. The number of nitrogens with one attached hydrogen (secondary N) is 3. The molecule has 0 fully saturated rings. The van der Waals surface area contributed by atoms with Gasteiger partial charge in [-0.25, -0.2) is 54.1 Å². The zero-order valence-electron chi connectivity index (χ0n) is 63.2. The minimum absolute atomic E-state index is 0. The third kappa shape index (κ3) is 23.8. The maximum absolute atomic E-state index is 14.9. The van der Waals surface area contributed by atoms with E-state index in [1.165, 1.54) is 91.0 Å². The van der Waals surface area contributed by atoms with Crippen molar-refractivity contribution in [2.75, 3.05) is 88.9 Å². The number of pyridine rings is 3. The standard InChI is InChI=1S/2C25H19ClF5N3O4.C24H18Cl2F3N3O4.C2H6O2S.CH4O3S.ClH/c2*26-15-6-7-19-18(11-15)23(38,13-35)24(27,28)9-10-34(19)22(37)14-5-8-20(32-12-14)33-21(36)16-3-1-2-4-17(16)25(29,30)31;25-14-2-5-19-17(9-14)23(36,12-33)24(28,29)7-8-32(19)22(35)13-1-6-20(30-11-13)31-21(34)16-10-15(27)3-4-18(16)26;2*1-5(2,3)4;/h2*1-8,11-12,35,38H,9-10,13H2,(H,32,33,36);1-6,9-11,33,36H,7-8,12H2,(H,30,31,34);1-2H3;1H3,(H,2,3,4);1H. The molecule has 6 aromatic carbocycles. The lowest BCUT2D eigenvalue weighted by molar-refractivity contribution is -0.205. The molecule has 3 aliphatic heterocycles. The molecule has 123 heavy (non-hydrogen) atoms. The molecular formula is C77H67Cl5F13N9O17S2. The number of halogens is 18. The number of sulfone groups is 1. The van der Waals surface area contributed by atoms with Crippen LogP contribution in [-0.2, 0) is 49.1 Å². The number of alkyl halides is 12. The number of hydrogen-bond acceptors (Lipinski definition) is 19. The van der Waals surface area contributed by atoms with Gasteiger partial charge in [-0.15, -0.1) is 12.4 Å². The van der Waals surface area contributed by atoms with E-state index in [1.807, 2.05) is 0 Å². The summed E-state index contributed by atoms with van der Waals surface area (Å²) in [5, 5.41) is 68.0. The van der Waals surface area contributed by atoms with E-state index in [9.17, 15) is 133 Å². The van der Waals surface area contributed by atoms with Crippen molar-refractivity contribution in [3.8, 4) is 0 Å². The van der Waals surface area contributed by atoms with E-state index in [-0.39, 0.29) is 89.3 Å². The number of hydrogen-bond donors (Lipinski definition) is 10. The highest BCUT2D eigenvalue weighted by Gasteiger charge is 2.60. The predicted molar refractivity (Wildman–Crippen MR) is 427 cm³/mol. The molecule has 0 aliphatic carbocycles. The number of carbonyl (C=O) groups excluding carboxylic acids is 6. The monoisotopic (exact) mass is 1880 g/mol. The number of carbonyl (C=O) groups is 6. The Kier molecular flexibility index (Phi) is 31.9. The SMILES string of the molecule is CS(=O)(=O)O.CS(C)(=O)=O.Cl.O=C(Nc1ccc(C(=O)N2CCC(F)(F)C(O)(CO)c3cc(Cl)ccc32)cn1)c1cc(F)ccc1Cl.O=C(Nc1ccc(C(=O)N2CCC(F)(F)C(O)(CO)c3cc(Cl)ccc32)cn1)c1ccccc1C(F)(F)F.O=C(Nc1ccc(C(=O)N2CCC(F)(F)C(O)(CO)c3cc(Cl)ccc32)cn1)c1ccccc1C(F)(F)F. The molecule has 46 heteroatoms. The third-order valence-corrected chi connectivity index (χ3v) is 19.2. The Morgan fingerprint density at radius 2 is 0.699 bits per heavy atom. The topological polar surface area (TPSA) is 397 Å². The molecule has 12 rings (SSSR count). The summed E-state index contributed by atoms with van der Waals surface area (Å²) in [6.07, 6.45) is -6.22. The maximum Gasteiger partial charge on any atom is 0.417 e. The van der Waals surface area contributed by atoms with E-state index < -0.39 is 206 Å². The highest BCUT2D eigenvalue weighted by Crippen LogP contribution is 2.51. The minimum Gasteiger partial charge on any atom is -0.393 e. The zero-order chi connectivity index (χ0) is 91.0. The van der Waals surface area contributed by atoms with Crippen LogP contribution in [0, 0.1) is 5.82 Å². The first-order valence-corrected chi connectivity index (χ1v) is 40.4. The molecule has 3 unspecified atom stereocenters. The molecule has 10 N–H and O–H groups in total. The lowest BCUT2D eigenvalue weighted by Gasteiger charge is -2.33. The maximum atomic E-state index is 14.9. The molecule has 3 aliphatic rings. The summed E-state index contributed by atoms with van der Waals surface area (Å²) in [6.45, 7) is -5.49. The zero-order valence-corrected chi connectivity index (χ0v) is 68.6. The number of anilines is 6. The first-order chi connectivity index (χ1) is 56.5. The van der Waals surface area contributed by atoms with Gasteiger partial charge in [0.1, 0.15) is 33.1 Å². The molecule has 0 bridgehead atoms. The highest BCUT2D eigenvalue weighted by molar-refractivity contribution is 7.89. The summed E-state index contributed by atoms with van der Waals surface area (Å²) >= 11 is 23.8. The van der Waals surface area contributed by atoms with Crippen molar-refractivity contribution in [2.45, 2.75) is 66.2 Å². The van der Waals surface area contributed by atoms with Gasteiger partial charge in [-0.05, 0) is 133 Å². The van der Waals surface area contributed by atoms with E-state index in [2.05, 4.69) is 30.9 Å². The van der Waals surface area contributed by atoms with E-state index in [4.69, 9.17) is 51.0 Å². The lowest BCUT2D eigenvalue weighted by atomic mass is 9.86. The quantitative estimate of drug-likeness (QED) is 0.0401. The van der Waals surface area contributed by atoms with Crippen LogP contribution in [0.15, 0.2) is 176 Å². The van der Waals surface area contributed by atoms with Crippen LogP contribution >= 0.6 is 58.8 Å². The molecule has 9 aromatic rings. The average Bonchev–Trinajstić information content (AvgIpc) is 1.57. The molecule has 3 atom stereocenters. The average molecular weight is 1880 g/mol. The van der Waals surface area contributed by atoms with Crippen LogP contribution in [0.5, 0.6) is 0 Å². The highest BCUT2D eigenvalue weighted by atomic mass is 35.5. The number of nitrogens with zero attached hydrogens (tertiary/aromatic N) is 6. The Labute approximate surface area is 715 Å². The fourth-order valence-corrected chi connectivity index (χ4v) is 12.8. The number of fused-ring (bicyclic) bond motifs is 3. The second-order valence-corrected chi connectivity index (χ2v) is 32.5. The summed E-state index contributed by atoms with van der Waals surface area (Å²) in [4.78, 5) is 91.9. The van der Waals surface area contributed by atoms with Crippen LogP contribution in [-0.4, -0.2) is 178 Å². The molecule has 0 radical (unpaired) electrons. The molecule has 0 saturated carbocycles. The molecular weight excluding hydrogens is 1810 g/mol. The van der Waals surface area contributed by atoms with Crippen molar-refractivity contribution < 1.29 is 138 Å². The Hall–Kier alpha value is -10.3. The lowest BCUT2D eigenvalue weighted by Crippen LogP contribution is -2.48. The van der Waals surface area contributed by atoms with Gasteiger partial charge in [0.25, 0.3) is 63.3 Å². The molecule has 0 spiro atoms. The van der Waals surface area contributed by atoms with Gasteiger partial charge in [0.15, 0.2) is 16.8 Å². The Morgan fingerprint density at radius 1 is 0.431 bits per heavy atom. The summed E-state index contributed by atoms with van der Waals surface area (Å²) in [5.74, 6) is -17.5. The summed E-state index contributed by atoms with van der Waals surface area (Å²) in [5.41, 5.74) is -14.3. The number of benzene rings is 6. The first kappa shape index (κ1) is 99.8. The van der Waals surface area contributed by atoms with Gasteiger partial charge in [-0.3, -0.25) is 33.3 Å². The van der Waals surface area contributed by atoms with Crippen LogP contribution in [0.2, 0.25) is 20.1 Å². The Bertz CT molecular complexity index is 5420. The normalized spacial score (nSPS) is 18.1. The smallest absolute Gasteiger partial charge is 0.393 e. The van der Waals surface area contributed by atoms with Crippen molar-refractivity contribution in [1.82, 2.24) is 15.0 Å². The molecule has 6 heterocycles. The van der Waals surface area contributed by atoms with Crippen LogP contribution in [0.25, 0.3) is 0 Å². The van der Waals surface area contributed by atoms with Crippen LogP contribution in [0.3, 0.4) is 0 Å². The number of aliphatic hydroxyl groups excluding tert-OH is 3. The van der Waals surface area contributed by atoms with Gasteiger partial charge in [-0.2, -0.15) is 34.8 Å². The van der Waals surface area contributed by atoms with Crippen molar-refractivity contribution in [3.63, 3.8) is 0 Å². The summed E-state index contributed by atoms with van der Waals surface area (Å²) in [7, 11) is -6.33. The van der Waals surface area contributed by atoms with Crippen molar-refractivity contribution in [2.24, 2.45) is 0 Å². The van der Waals surface area contributed by atoms with E-state index >= 15 is 0 Å². The minimum atomic E-state index is -4.76. The molecule has 3 aromatic heterocycles. The predicted octanol–water partition coefficient (Wildman–Crippen LogP) is 14.0. The van der Waals surface area contributed by atoms with Gasteiger partial charge < -0.3 is 61.3 Å². The summed E-state index contributed by atoms with van der Waals surface area (Å²) < 4.78 is 227. The van der Waals surface area contributed by atoms with Crippen LogP contribution in [0.4, 0.5) is 91.6 Å². The van der Waals surface area contributed by atoms with Crippen molar-refractivity contribution in [1.29, 1.82) is 0 Å². The van der Waals surface area contributed by atoms with Crippen molar-refractivity contribution in [3.05, 3.63) is 263 Å². The number of rotatable bonds is 12. The number of amides is 6. The largest absolute Gasteiger partial charge is 0.417 e. The van der Waals surface area contributed by atoms with Crippen molar-refractivity contribution >= 4 is 149 Å². The fourth-order valence-electron chi connectivity index (χ4n) is 12.1. The first-order valence-electron chi connectivity index (χ1n) is 34.7.